The number of pyridine rings is 1. The van der Waals surface area contributed by atoms with Crippen molar-refractivity contribution in [2.24, 2.45) is 0 Å². The number of rotatable bonds is 7. The third kappa shape index (κ3) is 4.44. The first-order chi connectivity index (χ1) is 13.5. The van der Waals surface area contributed by atoms with Crippen molar-refractivity contribution >= 4 is 17.7 Å². The standard InChI is InChI=1S/C22H26N4OS/c1-5-6-21(17-11-19(28-4)13-23-12-17)25-22(27)20-14-24-26(16(20)3)18-9-7-15(2)8-10-18/h7-14,21H,5-6H2,1-4H3,(H,25,27). The van der Waals surface area contributed by atoms with E-state index >= 15 is 0 Å². The summed E-state index contributed by atoms with van der Waals surface area (Å²) in [6.07, 6.45) is 9.17. The Bertz CT molecular complexity index is 949. The fraction of sp³-hybridized carbons (Fsp3) is 0.318. The number of aromatic nitrogens is 3. The topological polar surface area (TPSA) is 59.8 Å². The first-order valence-electron chi connectivity index (χ1n) is 9.45. The van der Waals surface area contributed by atoms with Crippen molar-refractivity contribution in [1.82, 2.24) is 20.1 Å². The van der Waals surface area contributed by atoms with Crippen LogP contribution in [-0.2, 0) is 0 Å². The van der Waals surface area contributed by atoms with E-state index in [1.54, 1.807) is 22.6 Å². The number of benzene rings is 1. The Balaban J connectivity index is 1.83. The van der Waals surface area contributed by atoms with Crippen molar-refractivity contribution in [3.05, 3.63) is 71.3 Å². The lowest BCUT2D eigenvalue weighted by Gasteiger charge is -2.19. The van der Waals surface area contributed by atoms with Crippen LogP contribution in [0.15, 0.2) is 53.8 Å². The minimum Gasteiger partial charge on any atom is -0.345 e. The Morgan fingerprint density at radius 3 is 2.61 bits per heavy atom. The van der Waals surface area contributed by atoms with Gasteiger partial charge >= 0.3 is 0 Å². The first kappa shape index (κ1) is 20.1. The van der Waals surface area contributed by atoms with Gasteiger partial charge in [-0.2, -0.15) is 5.10 Å². The van der Waals surface area contributed by atoms with Gasteiger partial charge in [0.05, 0.1) is 29.2 Å². The second-order valence-electron chi connectivity index (χ2n) is 6.86. The quantitative estimate of drug-likeness (QED) is 0.580. The SMILES string of the molecule is CCCC(NC(=O)c1cnn(-c2ccc(C)cc2)c1C)c1cncc(SC)c1. The molecule has 2 aromatic heterocycles. The maximum Gasteiger partial charge on any atom is 0.255 e. The van der Waals surface area contributed by atoms with Crippen molar-refractivity contribution in [1.29, 1.82) is 0 Å². The van der Waals surface area contributed by atoms with E-state index in [1.165, 1.54) is 5.56 Å². The second kappa shape index (κ2) is 9.06. The Hall–Kier alpha value is -2.60. The molecular weight excluding hydrogens is 368 g/mol. The molecule has 3 rings (SSSR count). The number of hydrogen-bond acceptors (Lipinski definition) is 4. The first-order valence-corrected chi connectivity index (χ1v) is 10.7. The van der Waals surface area contributed by atoms with Crippen LogP contribution in [0, 0.1) is 13.8 Å². The molecule has 1 atom stereocenters. The highest BCUT2D eigenvalue weighted by atomic mass is 32.2. The monoisotopic (exact) mass is 394 g/mol. The Kier molecular flexibility index (Phi) is 6.52. The van der Waals surface area contributed by atoms with Gasteiger partial charge in [0.2, 0.25) is 0 Å². The normalized spacial score (nSPS) is 12.0. The van der Waals surface area contributed by atoms with Crippen LogP contribution < -0.4 is 5.32 Å². The second-order valence-corrected chi connectivity index (χ2v) is 7.74. The highest BCUT2D eigenvalue weighted by Gasteiger charge is 2.20. The van der Waals surface area contributed by atoms with Crippen LogP contribution in [0.1, 0.15) is 53.0 Å². The van der Waals surface area contributed by atoms with Crippen molar-refractivity contribution in [3.63, 3.8) is 0 Å². The van der Waals surface area contributed by atoms with Crippen LogP contribution in [0.25, 0.3) is 5.69 Å². The molecule has 1 unspecified atom stereocenters. The molecule has 28 heavy (non-hydrogen) atoms. The number of amides is 1. The summed E-state index contributed by atoms with van der Waals surface area (Å²) in [5.41, 5.74) is 4.59. The van der Waals surface area contributed by atoms with Crippen LogP contribution in [0.2, 0.25) is 0 Å². The summed E-state index contributed by atoms with van der Waals surface area (Å²) < 4.78 is 1.80. The van der Waals surface area contributed by atoms with Gasteiger partial charge in [0.1, 0.15) is 0 Å². The molecule has 0 bridgehead atoms. The van der Waals surface area contributed by atoms with E-state index in [1.807, 2.05) is 56.8 Å². The molecule has 0 spiro atoms. The van der Waals surface area contributed by atoms with E-state index in [9.17, 15) is 4.79 Å². The highest BCUT2D eigenvalue weighted by Crippen LogP contribution is 2.23. The summed E-state index contributed by atoms with van der Waals surface area (Å²) in [7, 11) is 0. The van der Waals surface area contributed by atoms with Crippen molar-refractivity contribution < 1.29 is 4.79 Å². The Morgan fingerprint density at radius 1 is 1.18 bits per heavy atom. The molecule has 6 heteroatoms. The van der Waals surface area contributed by atoms with Crippen LogP contribution >= 0.6 is 11.8 Å². The minimum absolute atomic E-state index is 0.0702. The predicted molar refractivity (Wildman–Crippen MR) is 114 cm³/mol. The molecule has 5 nitrogen and oxygen atoms in total. The Labute approximate surface area is 170 Å². The van der Waals surface area contributed by atoms with Crippen molar-refractivity contribution in [2.75, 3.05) is 6.26 Å². The molecule has 1 amide bonds. The fourth-order valence-corrected chi connectivity index (χ4v) is 3.58. The van der Waals surface area contributed by atoms with Crippen molar-refractivity contribution in [3.8, 4) is 5.69 Å². The van der Waals surface area contributed by atoms with Gasteiger partial charge in [-0.05, 0) is 50.3 Å². The summed E-state index contributed by atoms with van der Waals surface area (Å²) in [6, 6.07) is 10.1. The number of thioether (sulfide) groups is 1. The molecule has 2 heterocycles. The molecule has 3 aromatic rings. The molecule has 0 aliphatic heterocycles. The fourth-order valence-electron chi connectivity index (χ4n) is 3.16. The zero-order valence-corrected chi connectivity index (χ0v) is 17.6. The largest absolute Gasteiger partial charge is 0.345 e. The predicted octanol–water partition coefficient (Wildman–Crippen LogP) is 4.88. The smallest absolute Gasteiger partial charge is 0.255 e. The lowest BCUT2D eigenvalue weighted by Crippen LogP contribution is -2.29. The van der Waals surface area contributed by atoms with E-state index in [-0.39, 0.29) is 11.9 Å². The molecule has 0 saturated carbocycles. The third-order valence-electron chi connectivity index (χ3n) is 4.79. The molecule has 0 radical (unpaired) electrons. The molecule has 0 fully saturated rings. The van der Waals surface area contributed by atoms with Crippen molar-refractivity contribution in [2.45, 2.75) is 44.6 Å². The summed E-state index contributed by atoms with van der Waals surface area (Å²) in [6.45, 7) is 6.09. The summed E-state index contributed by atoms with van der Waals surface area (Å²) in [5.74, 6) is -0.108. The van der Waals surface area contributed by atoms with Gasteiger partial charge in [-0.1, -0.05) is 31.0 Å². The lowest BCUT2D eigenvalue weighted by molar-refractivity contribution is 0.0933. The van der Waals surface area contributed by atoms with E-state index in [0.717, 1.165) is 34.7 Å². The maximum atomic E-state index is 13.0. The number of hydrogen-bond donors (Lipinski definition) is 1. The lowest BCUT2D eigenvalue weighted by atomic mass is 10.0. The van der Waals surface area contributed by atoms with Gasteiger partial charge in [-0.25, -0.2) is 4.68 Å². The number of nitrogens with zero attached hydrogens (tertiary/aromatic N) is 3. The molecule has 0 aliphatic rings. The van der Waals surface area contributed by atoms with Gasteiger partial charge < -0.3 is 5.32 Å². The van der Waals surface area contributed by atoms with Gasteiger partial charge in [0, 0.05) is 17.3 Å². The van der Waals surface area contributed by atoms with Gasteiger partial charge in [-0.15, -0.1) is 11.8 Å². The zero-order valence-electron chi connectivity index (χ0n) is 16.8. The van der Waals surface area contributed by atoms with Gasteiger partial charge in [0.15, 0.2) is 0 Å². The van der Waals surface area contributed by atoms with E-state index < -0.39 is 0 Å². The summed E-state index contributed by atoms with van der Waals surface area (Å²) in [4.78, 5) is 18.4. The summed E-state index contributed by atoms with van der Waals surface area (Å²) >= 11 is 1.65. The van der Waals surface area contributed by atoms with Gasteiger partial charge in [0.25, 0.3) is 5.91 Å². The molecular formula is C22H26N4OS. The maximum absolute atomic E-state index is 13.0. The van der Waals surface area contributed by atoms with Crippen LogP contribution in [0.3, 0.4) is 0 Å². The number of aryl methyl sites for hydroxylation is 1. The molecule has 0 saturated heterocycles. The van der Waals surface area contributed by atoms with E-state index in [0.29, 0.717) is 5.56 Å². The molecule has 1 aromatic carbocycles. The van der Waals surface area contributed by atoms with Crippen LogP contribution in [-0.4, -0.2) is 26.9 Å². The molecule has 1 N–H and O–H groups in total. The zero-order chi connectivity index (χ0) is 20.1. The average Bonchev–Trinajstić information content (AvgIpc) is 3.09. The average molecular weight is 395 g/mol. The minimum atomic E-state index is -0.108. The molecule has 0 aliphatic carbocycles. The number of carbonyl (C=O) groups is 1. The molecule has 146 valence electrons. The summed E-state index contributed by atoms with van der Waals surface area (Å²) in [5, 5.41) is 7.61. The number of nitrogens with one attached hydrogen (secondary N) is 1. The van der Waals surface area contributed by atoms with Crippen LogP contribution in [0.5, 0.6) is 0 Å². The Morgan fingerprint density at radius 2 is 1.93 bits per heavy atom. The third-order valence-corrected chi connectivity index (χ3v) is 5.48. The van der Waals surface area contributed by atoms with Crippen LogP contribution in [0.4, 0.5) is 0 Å². The van der Waals surface area contributed by atoms with E-state index in [2.05, 4.69) is 28.4 Å². The van der Waals surface area contributed by atoms with E-state index in [4.69, 9.17) is 0 Å². The highest BCUT2D eigenvalue weighted by molar-refractivity contribution is 7.98. The van der Waals surface area contributed by atoms with Gasteiger partial charge in [-0.3, -0.25) is 9.78 Å². The number of carbonyl (C=O) groups excluding carboxylic acids is 1.